The maximum Gasteiger partial charge on any atom is 0.264 e. The smallest absolute Gasteiger partial charge is 0.264 e. The molecule has 2 aliphatic rings. The van der Waals surface area contributed by atoms with Crippen molar-refractivity contribution in [3.05, 3.63) is 59.2 Å². The van der Waals surface area contributed by atoms with Gasteiger partial charge in [0.05, 0.1) is 62.0 Å². The van der Waals surface area contributed by atoms with Crippen LogP contribution in [0, 0.1) is 11.6 Å². The normalized spacial score (nSPS) is 20.9. The number of fused-ring (bicyclic) bond motifs is 10. The van der Waals surface area contributed by atoms with Crippen molar-refractivity contribution in [2.45, 2.75) is 116 Å². The third-order valence-corrected chi connectivity index (χ3v) is 12.5. The molecule has 1 aliphatic carbocycles. The number of Topliss-reactive ketones (excluding diaryl/α,β-unsaturated/α-hetero) is 2. The third kappa shape index (κ3) is 9.30. The first-order valence-corrected chi connectivity index (χ1v) is 22.8. The second-order valence-electron chi connectivity index (χ2n) is 16.3. The van der Waals surface area contributed by atoms with E-state index in [9.17, 15) is 42.1 Å². The van der Waals surface area contributed by atoms with Gasteiger partial charge >= 0.3 is 0 Å². The summed E-state index contributed by atoms with van der Waals surface area (Å²) in [5.41, 5.74) is 1.15. The minimum atomic E-state index is -3.98. The molecule has 0 amide bonds. The lowest BCUT2D eigenvalue weighted by Crippen LogP contribution is -3.00. The topological polar surface area (TPSA) is 168 Å². The first-order chi connectivity index (χ1) is 28.1. The van der Waals surface area contributed by atoms with E-state index in [1.165, 1.54) is 111 Å². The number of aliphatic hydroxyl groups is 3. The van der Waals surface area contributed by atoms with Gasteiger partial charge in [0.25, 0.3) is 10.1 Å². The summed E-state index contributed by atoms with van der Waals surface area (Å²) >= 11 is 0. The molecule has 0 bridgehead atoms. The first-order valence-electron chi connectivity index (χ1n) is 21.0. The molecule has 16 heteroatoms. The van der Waals surface area contributed by atoms with Crippen LogP contribution in [0.2, 0.25) is 0 Å². The molecule has 1 aliphatic heterocycles. The van der Waals surface area contributed by atoms with E-state index >= 15 is 0 Å². The Hall–Kier alpha value is -3.90. The molecule has 0 spiro atoms. The molecule has 12 nitrogen and oxygen atoms in total. The number of hydrogen-bond acceptors (Lipinski definition) is 9. The largest absolute Gasteiger partial charge is 1.00 e. The highest BCUT2D eigenvalue weighted by molar-refractivity contribution is 7.85. The van der Waals surface area contributed by atoms with Crippen molar-refractivity contribution < 1.29 is 60.2 Å². The summed E-state index contributed by atoms with van der Waals surface area (Å²) < 4.78 is 66.0. The van der Waals surface area contributed by atoms with Crippen molar-refractivity contribution >= 4 is 65.3 Å². The molecule has 5 aromatic rings. The first kappa shape index (κ1) is 47.2. The van der Waals surface area contributed by atoms with Crippen molar-refractivity contribution in [3.8, 4) is 0 Å². The molecular formula is C44H58F3N3O9S. The SMILES string of the molecule is CCCC[N+](CCCC)(CCCC)CCCC.CS(=O)(=O)OC[C@H]1O[C@@H](n2c3ccc(F)cc3c3c4c(c5c6cc(F)ccc6[nH]c5c32)C(=O)CC4=O)[C@H](O)[C@@H](O)[C@@H]1O.[F-]. The molecule has 0 unspecified atom stereocenters. The summed E-state index contributed by atoms with van der Waals surface area (Å²) in [6.07, 6.45) is 3.04. The summed E-state index contributed by atoms with van der Waals surface area (Å²) in [5.74, 6) is -2.27. The maximum absolute atomic E-state index is 14.7. The highest BCUT2D eigenvalue weighted by Gasteiger charge is 2.47. The number of ketones is 2. The Morgan fingerprint density at radius 2 is 1.30 bits per heavy atom. The summed E-state index contributed by atoms with van der Waals surface area (Å²) in [7, 11) is -3.98. The number of ether oxygens (including phenoxy) is 1. The zero-order valence-electron chi connectivity index (χ0n) is 35.0. The van der Waals surface area contributed by atoms with Gasteiger partial charge < -0.3 is 38.8 Å². The van der Waals surface area contributed by atoms with Crippen LogP contribution in [0.15, 0.2) is 36.4 Å². The molecule has 330 valence electrons. The number of nitrogens with one attached hydrogen (secondary N) is 1. The average molecular weight is 862 g/mol. The van der Waals surface area contributed by atoms with Crippen LogP contribution in [0.1, 0.15) is 112 Å². The van der Waals surface area contributed by atoms with E-state index < -0.39 is 77.0 Å². The Kier molecular flexibility index (Phi) is 15.3. The van der Waals surface area contributed by atoms with E-state index in [4.69, 9.17) is 8.92 Å². The molecule has 3 heterocycles. The Labute approximate surface area is 348 Å². The van der Waals surface area contributed by atoms with E-state index in [-0.39, 0.29) is 48.5 Å². The van der Waals surface area contributed by atoms with Crippen LogP contribution >= 0.6 is 0 Å². The fourth-order valence-corrected chi connectivity index (χ4v) is 9.28. The van der Waals surface area contributed by atoms with Crippen LogP contribution in [0.4, 0.5) is 8.78 Å². The van der Waals surface area contributed by atoms with E-state index in [0.717, 1.165) is 18.4 Å². The number of H-pyrrole nitrogens is 1. The Balaban J connectivity index is 0.000000324. The standard InChI is InChI=1S/C28H22F2N2O9S.C16H36N.FH/c1-42(38,39)40-9-18-25(35)26(36)27(37)28(41-18)32-15-5-3-11(30)7-13(15)20-22-17(34)8-16(33)21(22)19-12-6-10(29)2-4-14(12)31-23(19)24(20)32;1-5-9-13-17(14-10-6-2,15-11-7-3)16-12-8-4;/h2-7,18,25-28,31,35-37H,8-9H2,1H3;5-16H2,1-4H3;1H/q;+1;/p-1/t18-,25-,26+,27-,28-;;/m1../s1. The van der Waals surface area contributed by atoms with Crippen molar-refractivity contribution in [2.75, 3.05) is 39.0 Å². The molecule has 4 N–H and O–H groups in total. The second kappa shape index (κ2) is 19.4. The quantitative estimate of drug-likeness (QED) is 0.0638. The average Bonchev–Trinajstić information content (AvgIpc) is 3.83. The predicted octanol–water partition coefficient (Wildman–Crippen LogP) is 4.44. The molecule has 0 saturated carbocycles. The second-order valence-corrected chi connectivity index (χ2v) is 17.9. The highest BCUT2D eigenvalue weighted by Crippen LogP contribution is 2.47. The van der Waals surface area contributed by atoms with Crippen LogP contribution < -0.4 is 4.70 Å². The minimum absolute atomic E-state index is 0. The lowest BCUT2D eigenvalue weighted by atomic mass is 9.96. The number of unbranched alkanes of at least 4 members (excludes halogenated alkanes) is 4. The van der Waals surface area contributed by atoms with E-state index in [0.29, 0.717) is 10.9 Å². The monoisotopic (exact) mass is 861 g/mol. The maximum atomic E-state index is 14.7. The predicted molar refractivity (Wildman–Crippen MR) is 224 cm³/mol. The van der Waals surface area contributed by atoms with E-state index in [1.54, 1.807) is 0 Å². The van der Waals surface area contributed by atoms with Gasteiger partial charge in [-0.25, -0.2) is 8.78 Å². The van der Waals surface area contributed by atoms with Crippen molar-refractivity contribution in [3.63, 3.8) is 0 Å². The Bertz CT molecular complexity index is 2410. The molecule has 60 heavy (non-hydrogen) atoms. The summed E-state index contributed by atoms with van der Waals surface area (Å²) in [4.78, 5) is 29.7. The lowest BCUT2D eigenvalue weighted by Gasteiger charge is -2.41. The van der Waals surface area contributed by atoms with Crippen molar-refractivity contribution in [2.24, 2.45) is 0 Å². The Morgan fingerprint density at radius 3 is 1.83 bits per heavy atom. The number of halogens is 3. The van der Waals surface area contributed by atoms with Gasteiger partial charge in [-0.2, -0.15) is 8.42 Å². The number of nitrogens with zero attached hydrogens (tertiary/aromatic N) is 2. The summed E-state index contributed by atoms with van der Waals surface area (Å²) in [6.45, 7) is 14.3. The van der Waals surface area contributed by atoms with Gasteiger partial charge in [0.2, 0.25) is 0 Å². The van der Waals surface area contributed by atoms with Crippen LogP contribution in [-0.4, -0.2) is 113 Å². The molecule has 1 fully saturated rings. The molecule has 2 aromatic heterocycles. The summed E-state index contributed by atoms with van der Waals surface area (Å²) in [5, 5.41) is 33.5. The molecule has 7 rings (SSSR count). The van der Waals surface area contributed by atoms with Gasteiger partial charge in [-0.1, -0.05) is 53.4 Å². The highest BCUT2D eigenvalue weighted by atomic mass is 32.2. The van der Waals surface area contributed by atoms with Crippen molar-refractivity contribution in [1.29, 1.82) is 0 Å². The number of aromatic nitrogens is 2. The van der Waals surface area contributed by atoms with Crippen LogP contribution in [0.5, 0.6) is 0 Å². The molecular weight excluding hydrogens is 804 g/mol. The zero-order valence-corrected chi connectivity index (χ0v) is 35.8. The number of aliphatic hydroxyl groups excluding tert-OH is 3. The van der Waals surface area contributed by atoms with Gasteiger partial charge in [-0.15, -0.1) is 0 Å². The lowest BCUT2D eigenvalue weighted by molar-refractivity contribution is -0.929. The van der Waals surface area contributed by atoms with Crippen LogP contribution in [0.3, 0.4) is 0 Å². The van der Waals surface area contributed by atoms with Crippen molar-refractivity contribution in [1.82, 2.24) is 9.55 Å². The number of hydrogen-bond donors (Lipinski definition) is 4. The summed E-state index contributed by atoms with van der Waals surface area (Å²) in [6, 6.07) is 7.54. The van der Waals surface area contributed by atoms with Gasteiger partial charge in [0.15, 0.2) is 17.8 Å². The minimum Gasteiger partial charge on any atom is -1.00 e. The Morgan fingerprint density at radius 1 is 0.783 bits per heavy atom. The van der Waals surface area contributed by atoms with E-state index in [2.05, 4.69) is 32.7 Å². The van der Waals surface area contributed by atoms with Crippen LogP contribution in [0.25, 0.3) is 43.6 Å². The van der Waals surface area contributed by atoms with Gasteiger partial charge in [0, 0.05) is 38.2 Å². The molecule has 1 saturated heterocycles. The number of carbonyl (C=O) groups is 2. The van der Waals surface area contributed by atoms with Gasteiger partial charge in [-0.05, 0) is 62.1 Å². The fraction of sp³-hybridized carbons (Fsp3) is 0.545. The number of rotatable bonds is 16. The van der Waals surface area contributed by atoms with Crippen LogP contribution in [-0.2, 0) is 19.0 Å². The number of benzene rings is 3. The number of carbonyl (C=O) groups excluding carboxylic acids is 2. The number of quaternary nitrogens is 1. The molecule has 3 aromatic carbocycles. The molecule has 5 atom stereocenters. The third-order valence-electron chi connectivity index (χ3n) is 11.9. The zero-order chi connectivity index (χ0) is 42.8. The fourth-order valence-electron chi connectivity index (χ4n) is 8.90. The van der Waals surface area contributed by atoms with Gasteiger partial charge in [-0.3, -0.25) is 13.8 Å². The van der Waals surface area contributed by atoms with Gasteiger partial charge in [0.1, 0.15) is 36.1 Å². The molecule has 0 radical (unpaired) electrons. The van der Waals surface area contributed by atoms with E-state index in [1.807, 2.05) is 0 Å². The number of aromatic amines is 1.